The lowest BCUT2D eigenvalue weighted by Gasteiger charge is -2.21. The summed E-state index contributed by atoms with van der Waals surface area (Å²) in [5.41, 5.74) is 1.86. The highest BCUT2D eigenvalue weighted by molar-refractivity contribution is 6.16. The number of halogens is 1. The summed E-state index contributed by atoms with van der Waals surface area (Å²) in [6.07, 6.45) is 7.06. The van der Waals surface area contributed by atoms with Gasteiger partial charge < -0.3 is 20.6 Å². The molecule has 1 saturated carbocycles. The molecule has 1 atom stereocenters. The third kappa shape index (κ3) is 3.63. The van der Waals surface area contributed by atoms with Crippen molar-refractivity contribution in [1.29, 1.82) is 0 Å². The summed E-state index contributed by atoms with van der Waals surface area (Å²) in [5.74, 6) is -1.23. The summed E-state index contributed by atoms with van der Waals surface area (Å²) in [7, 11) is 3.50. The van der Waals surface area contributed by atoms with Gasteiger partial charge in [0.05, 0.1) is 5.69 Å². The van der Waals surface area contributed by atoms with Gasteiger partial charge in [-0.15, -0.1) is 0 Å². The summed E-state index contributed by atoms with van der Waals surface area (Å²) >= 11 is 0. The molecule has 3 N–H and O–H groups in total. The van der Waals surface area contributed by atoms with Gasteiger partial charge in [0.15, 0.2) is 5.82 Å². The van der Waals surface area contributed by atoms with E-state index in [0.29, 0.717) is 23.0 Å². The van der Waals surface area contributed by atoms with Crippen molar-refractivity contribution in [3.05, 3.63) is 42.0 Å². The van der Waals surface area contributed by atoms with Crippen molar-refractivity contribution in [2.75, 3.05) is 23.3 Å². The lowest BCUT2D eigenvalue weighted by Crippen LogP contribution is -2.34. The van der Waals surface area contributed by atoms with Gasteiger partial charge >= 0.3 is 0 Å². The molecule has 2 fully saturated rings. The first-order valence-electron chi connectivity index (χ1n) is 11.5. The number of hydrogen-bond acceptors (Lipinski definition) is 6. The maximum atomic E-state index is 14.5. The van der Waals surface area contributed by atoms with Crippen molar-refractivity contribution in [3.8, 4) is 5.75 Å². The van der Waals surface area contributed by atoms with Crippen LogP contribution in [-0.2, 0) is 14.1 Å². The Morgan fingerprint density at radius 2 is 1.82 bits per heavy atom. The smallest absolute Gasteiger partial charge is 0.261 e. The first-order chi connectivity index (χ1) is 16.4. The SMILES string of the molecule is Cn1cc2cc(NC(=O)c3c(O)cc(N4CC[C@H](NC5CC5)C4)c4cn(C)nc34)cc(F)c2n1. The van der Waals surface area contributed by atoms with Crippen LogP contribution in [0.2, 0.25) is 0 Å². The maximum Gasteiger partial charge on any atom is 0.261 e. The van der Waals surface area contributed by atoms with Gasteiger partial charge in [0.25, 0.3) is 5.91 Å². The molecular weight excluding hydrogens is 437 g/mol. The van der Waals surface area contributed by atoms with E-state index >= 15 is 0 Å². The van der Waals surface area contributed by atoms with E-state index in [1.807, 2.05) is 6.20 Å². The van der Waals surface area contributed by atoms with E-state index in [-0.39, 0.29) is 22.5 Å². The third-order valence-electron chi connectivity index (χ3n) is 6.61. The summed E-state index contributed by atoms with van der Waals surface area (Å²) in [5, 5.41) is 27.2. The number of carbonyl (C=O) groups is 1. The number of nitrogens with one attached hydrogen (secondary N) is 2. The molecule has 0 spiro atoms. The van der Waals surface area contributed by atoms with Crippen LogP contribution in [0.15, 0.2) is 30.6 Å². The number of phenolic OH excluding ortho intramolecular Hbond substituents is 1. The average Bonchev–Trinajstić information content (AvgIpc) is 3.13. The highest BCUT2D eigenvalue weighted by Gasteiger charge is 2.31. The number of rotatable bonds is 5. The molecule has 0 unspecified atom stereocenters. The lowest BCUT2D eigenvalue weighted by atomic mass is 10.1. The number of aryl methyl sites for hydroxylation is 2. The van der Waals surface area contributed by atoms with Crippen LogP contribution in [0.5, 0.6) is 5.75 Å². The molecule has 2 aliphatic rings. The fourth-order valence-electron chi connectivity index (χ4n) is 4.92. The molecule has 2 aromatic carbocycles. The number of benzene rings is 2. The number of anilines is 2. The molecule has 9 nitrogen and oxygen atoms in total. The van der Waals surface area contributed by atoms with Crippen LogP contribution >= 0.6 is 0 Å². The second-order valence-electron chi connectivity index (χ2n) is 9.38. The van der Waals surface area contributed by atoms with E-state index in [2.05, 4.69) is 25.7 Å². The van der Waals surface area contributed by atoms with E-state index in [1.165, 1.54) is 23.6 Å². The molecule has 0 bridgehead atoms. The van der Waals surface area contributed by atoms with Gasteiger partial charge in [-0.3, -0.25) is 14.2 Å². The first kappa shape index (κ1) is 20.9. The molecule has 6 rings (SSSR count). The van der Waals surface area contributed by atoms with Crippen molar-refractivity contribution in [1.82, 2.24) is 24.9 Å². The predicted molar refractivity (Wildman–Crippen MR) is 128 cm³/mol. The molecule has 1 aliphatic carbocycles. The van der Waals surface area contributed by atoms with E-state index in [1.54, 1.807) is 37.1 Å². The lowest BCUT2D eigenvalue weighted by molar-refractivity contribution is 0.102. The molecule has 0 radical (unpaired) electrons. The summed E-state index contributed by atoms with van der Waals surface area (Å²) < 4.78 is 17.6. The van der Waals surface area contributed by atoms with Gasteiger partial charge in [0.2, 0.25) is 0 Å². The van der Waals surface area contributed by atoms with Gasteiger partial charge in [-0.25, -0.2) is 4.39 Å². The van der Waals surface area contributed by atoms with Crippen LogP contribution in [0.25, 0.3) is 21.8 Å². The molecule has 176 valence electrons. The Hall–Kier alpha value is -3.66. The van der Waals surface area contributed by atoms with Gasteiger partial charge in [0, 0.05) is 74.2 Å². The number of phenols is 1. The zero-order valence-corrected chi connectivity index (χ0v) is 19.0. The average molecular weight is 464 g/mol. The zero-order chi connectivity index (χ0) is 23.6. The van der Waals surface area contributed by atoms with Crippen LogP contribution in [0.1, 0.15) is 29.6 Å². The number of fused-ring (bicyclic) bond motifs is 2. The molecule has 3 heterocycles. The van der Waals surface area contributed by atoms with Crippen molar-refractivity contribution in [3.63, 3.8) is 0 Å². The topological polar surface area (TPSA) is 100 Å². The van der Waals surface area contributed by atoms with Crippen LogP contribution in [0, 0.1) is 5.82 Å². The Balaban J connectivity index is 1.33. The van der Waals surface area contributed by atoms with Crippen LogP contribution in [0.3, 0.4) is 0 Å². The van der Waals surface area contributed by atoms with Gasteiger partial charge in [0.1, 0.15) is 22.3 Å². The number of hydrogen-bond donors (Lipinski definition) is 3. The number of nitrogens with zero attached hydrogens (tertiary/aromatic N) is 5. The molecule has 34 heavy (non-hydrogen) atoms. The number of carbonyl (C=O) groups excluding carboxylic acids is 1. The van der Waals surface area contributed by atoms with Crippen molar-refractivity contribution in [2.24, 2.45) is 14.1 Å². The normalized spacial score (nSPS) is 18.3. The Kier molecular flexibility index (Phi) is 4.73. The Labute approximate surface area is 195 Å². The highest BCUT2D eigenvalue weighted by Crippen LogP contribution is 2.37. The quantitative estimate of drug-likeness (QED) is 0.421. The van der Waals surface area contributed by atoms with Crippen LogP contribution in [-0.4, -0.2) is 55.7 Å². The second kappa shape index (κ2) is 7.69. The van der Waals surface area contributed by atoms with E-state index < -0.39 is 11.7 Å². The van der Waals surface area contributed by atoms with Crippen LogP contribution in [0.4, 0.5) is 15.8 Å². The molecular formula is C24H26FN7O2. The molecule has 4 aromatic rings. The molecule has 1 amide bonds. The Morgan fingerprint density at radius 3 is 2.62 bits per heavy atom. The van der Waals surface area contributed by atoms with Gasteiger partial charge in [-0.05, 0) is 31.4 Å². The first-order valence-corrected chi connectivity index (χ1v) is 11.5. The molecule has 2 aromatic heterocycles. The van der Waals surface area contributed by atoms with E-state index in [4.69, 9.17) is 0 Å². The summed E-state index contributed by atoms with van der Waals surface area (Å²) in [4.78, 5) is 15.5. The number of aromatic hydroxyl groups is 1. The fraction of sp³-hybridized carbons (Fsp3) is 0.375. The molecule has 10 heteroatoms. The maximum absolute atomic E-state index is 14.5. The minimum atomic E-state index is -0.551. The Morgan fingerprint density at radius 1 is 1.06 bits per heavy atom. The van der Waals surface area contributed by atoms with Crippen molar-refractivity contribution < 1.29 is 14.3 Å². The molecule has 1 saturated heterocycles. The minimum absolute atomic E-state index is 0.0675. The Bertz CT molecular complexity index is 1440. The zero-order valence-electron chi connectivity index (χ0n) is 19.0. The third-order valence-corrected chi connectivity index (χ3v) is 6.61. The van der Waals surface area contributed by atoms with Crippen molar-refractivity contribution in [2.45, 2.75) is 31.3 Å². The summed E-state index contributed by atoms with van der Waals surface area (Å²) in [6, 6.07) is 5.58. The van der Waals surface area contributed by atoms with E-state index in [9.17, 15) is 14.3 Å². The number of aromatic nitrogens is 4. The second-order valence-corrected chi connectivity index (χ2v) is 9.38. The number of amides is 1. The predicted octanol–water partition coefficient (Wildman–Crippen LogP) is 2.89. The fourth-order valence-corrected chi connectivity index (χ4v) is 4.92. The van der Waals surface area contributed by atoms with Crippen molar-refractivity contribution >= 4 is 39.1 Å². The summed E-state index contributed by atoms with van der Waals surface area (Å²) in [6.45, 7) is 1.71. The monoisotopic (exact) mass is 463 g/mol. The largest absolute Gasteiger partial charge is 0.507 e. The van der Waals surface area contributed by atoms with Gasteiger partial charge in [-0.2, -0.15) is 10.2 Å². The van der Waals surface area contributed by atoms with Crippen LogP contribution < -0.4 is 15.5 Å². The molecule has 1 aliphatic heterocycles. The van der Waals surface area contributed by atoms with Gasteiger partial charge in [-0.1, -0.05) is 0 Å². The highest BCUT2D eigenvalue weighted by atomic mass is 19.1. The minimum Gasteiger partial charge on any atom is -0.507 e. The van der Waals surface area contributed by atoms with E-state index in [0.717, 1.165) is 30.6 Å². The standard InChI is InChI=1S/C24H26FN7O2/c1-30-10-13-7-16(8-18(25)22(13)28-30)27-24(34)21-20(33)9-19(17-12-31(2)29-23(17)21)32-6-5-15(11-32)26-14-3-4-14/h7-10,12,14-15,26,33H,3-6,11H2,1-2H3,(H,27,34)/t15-/m0/s1.